The van der Waals surface area contributed by atoms with Gasteiger partial charge in [0, 0.05) is 13.7 Å². The van der Waals surface area contributed by atoms with Gasteiger partial charge < -0.3 is 10.5 Å². The Balaban J connectivity index is 2.60. The van der Waals surface area contributed by atoms with Crippen molar-refractivity contribution < 1.29 is 4.74 Å². The van der Waals surface area contributed by atoms with E-state index >= 15 is 0 Å². The normalized spacial score (nSPS) is 22.9. The summed E-state index contributed by atoms with van der Waals surface area (Å²) in [6.45, 7) is 10.7. The Labute approximate surface area is 107 Å². The summed E-state index contributed by atoms with van der Waals surface area (Å²) in [7, 11) is 1.78. The Morgan fingerprint density at radius 1 is 1.35 bits per heavy atom. The minimum Gasteiger partial charge on any atom is -0.383 e. The van der Waals surface area contributed by atoms with Crippen LogP contribution in [0.2, 0.25) is 0 Å². The average molecular weight is 242 g/mol. The number of hydrogen-bond acceptors (Lipinski definition) is 3. The molecule has 1 rings (SSSR count). The van der Waals surface area contributed by atoms with E-state index in [0.29, 0.717) is 6.54 Å². The summed E-state index contributed by atoms with van der Waals surface area (Å²) < 4.78 is 5.39. The van der Waals surface area contributed by atoms with Gasteiger partial charge in [0.1, 0.15) is 0 Å². The molecule has 1 aliphatic rings. The fourth-order valence-corrected chi connectivity index (χ4v) is 3.06. The van der Waals surface area contributed by atoms with E-state index in [4.69, 9.17) is 10.5 Å². The summed E-state index contributed by atoms with van der Waals surface area (Å²) in [5.41, 5.74) is 6.07. The largest absolute Gasteiger partial charge is 0.383 e. The first-order chi connectivity index (χ1) is 8.09. The van der Waals surface area contributed by atoms with Gasteiger partial charge in [-0.15, -0.1) is 0 Å². The first kappa shape index (κ1) is 14.9. The molecule has 0 amide bonds. The number of rotatable bonds is 6. The Bertz CT molecular complexity index is 206. The highest BCUT2D eigenvalue weighted by Crippen LogP contribution is 2.30. The molecule has 2 N–H and O–H groups in total. The topological polar surface area (TPSA) is 38.5 Å². The van der Waals surface area contributed by atoms with E-state index in [1.165, 1.54) is 25.9 Å². The van der Waals surface area contributed by atoms with Crippen LogP contribution in [0.15, 0.2) is 0 Å². The summed E-state index contributed by atoms with van der Waals surface area (Å²) in [5, 5.41) is 0. The van der Waals surface area contributed by atoms with Gasteiger partial charge in [0.05, 0.1) is 12.1 Å². The van der Waals surface area contributed by atoms with Crippen LogP contribution < -0.4 is 5.73 Å². The molecule has 1 atom stereocenters. The van der Waals surface area contributed by atoms with Crippen LogP contribution >= 0.6 is 0 Å². The molecule has 0 saturated carbocycles. The quantitative estimate of drug-likeness (QED) is 0.775. The number of likely N-dealkylation sites (tertiary alicyclic amines) is 1. The Morgan fingerprint density at radius 2 is 1.94 bits per heavy atom. The van der Waals surface area contributed by atoms with Crippen LogP contribution in [0.4, 0.5) is 0 Å². The predicted molar refractivity (Wildman–Crippen MR) is 73.1 cm³/mol. The van der Waals surface area contributed by atoms with Crippen LogP contribution in [-0.4, -0.2) is 43.8 Å². The van der Waals surface area contributed by atoms with E-state index in [0.717, 1.165) is 24.9 Å². The fourth-order valence-electron chi connectivity index (χ4n) is 3.06. The van der Waals surface area contributed by atoms with E-state index in [2.05, 4.69) is 25.7 Å². The van der Waals surface area contributed by atoms with Gasteiger partial charge in [-0.3, -0.25) is 4.90 Å². The van der Waals surface area contributed by atoms with Gasteiger partial charge in [0.25, 0.3) is 0 Å². The molecule has 1 heterocycles. The van der Waals surface area contributed by atoms with Gasteiger partial charge in [-0.1, -0.05) is 20.8 Å². The predicted octanol–water partition coefficient (Wildman–Crippen LogP) is 2.11. The van der Waals surface area contributed by atoms with E-state index in [1.807, 2.05) is 0 Å². The smallest absolute Gasteiger partial charge is 0.0658 e. The van der Waals surface area contributed by atoms with E-state index in [1.54, 1.807) is 7.11 Å². The minimum atomic E-state index is 0.0662. The van der Waals surface area contributed by atoms with Gasteiger partial charge in [-0.05, 0) is 44.2 Å². The molecule has 1 saturated heterocycles. The third-order valence-corrected chi connectivity index (χ3v) is 4.60. The maximum absolute atomic E-state index is 6.01. The Hall–Kier alpha value is -0.120. The molecule has 1 fully saturated rings. The maximum atomic E-state index is 6.01. The summed E-state index contributed by atoms with van der Waals surface area (Å²) >= 11 is 0. The van der Waals surface area contributed by atoms with E-state index in [-0.39, 0.29) is 5.54 Å². The van der Waals surface area contributed by atoms with Crippen molar-refractivity contribution in [1.82, 2.24) is 4.90 Å². The van der Waals surface area contributed by atoms with Crippen LogP contribution in [0.1, 0.15) is 40.0 Å². The highest BCUT2D eigenvalue weighted by molar-refractivity contribution is 4.93. The second-order valence-electron chi connectivity index (χ2n) is 5.78. The summed E-state index contributed by atoms with van der Waals surface area (Å²) in [5.74, 6) is 1.70. The Kier molecular flexibility index (Phi) is 5.90. The molecule has 1 aliphatic heterocycles. The molecule has 102 valence electrons. The Morgan fingerprint density at radius 3 is 2.29 bits per heavy atom. The lowest BCUT2D eigenvalue weighted by Gasteiger charge is -2.46. The van der Waals surface area contributed by atoms with Gasteiger partial charge in [-0.25, -0.2) is 0 Å². The molecule has 0 aromatic carbocycles. The second kappa shape index (κ2) is 6.72. The van der Waals surface area contributed by atoms with Gasteiger partial charge >= 0.3 is 0 Å². The van der Waals surface area contributed by atoms with Crippen molar-refractivity contribution in [2.24, 2.45) is 17.6 Å². The highest BCUT2D eigenvalue weighted by atomic mass is 16.5. The standard InChI is InChI=1S/C14H30N2O/c1-5-14(10-15,11-17-4)16-8-6-13(7-9-16)12(2)3/h12-13H,5-11,15H2,1-4H3. The van der Waals surface area contributed by atoms with Gasteiger partial charge in [0.2, 0.25) is 0 Å². The molecule has 0 aromatic rings. The summed E-state index contributed by atoms with van der Waals surface area (Å²) in [6, 6.07) is 0. The first-order valence-electron chi connectivity index (χ1n) is 7.03. The lowest BCUT2D eigenvalue weighted by Crippen LogP contribution is -2.58. The summed E-state index contributed by atoms with van der Waals surface area (Å²) in [6.07, 6.45) is 3.69. The zero-order chi connectivity index (χ0) is 12.9. The van der Waals surface area contributed by atoms with Crippen molar-refractivity contribution >= 4 is 0 Å². The monoisotopic (exact) mass is 242 g/mol. The molecule has 17 heavy (non-hydrogen) atoms. The molecule has 0 aliphatic carbocycles. The van der Waals surface area contributed by atoms with E-state index < -0.39 is 0 Å². The van der Waals surface area contributed by atoms with Crippen molar-refractivity contribution in [1.29, 1.82) is 0 Å². The maximum Gasteiger partial charge on any atom is 0.0658 e. The number of piperidine rings is 1. The molecule has 3 nitrogen and oxygen atoms in total. The van der Waals surface area contributed by atoms with Crippen molar-refractivity contribution in [3.8, 4) is 0 Å². The molecular formula is C14H30N2O. The molecule has 3 heteroatoms. The van der Waals surface area contributed by atoms with Gasteiger partial charge in [-0.2, -0.15) is 0 Å². The van der Waals surface area contributed by atoms with Crippen LogP contribution in [0, 0.1) is 11.8 Å². The van der Waals surface area contributed by atoms with Crippen LogP contribution in [0.3, 0.4) is 0 Å². The zero-order valence-corrected chi connectivity index (χ0v) is 12.0. The molecule has 1 unspecified atom stereocenters. The number of hydrogen-bond donors (Lipinski definition) is 1. The highest BCUT2D eigenvalue weighted by Gasteiger charge is 2.36. The number of ether oxygens (including phenoxy) is 1. The van der Waals surface area contributed by atoms with Gasteiger partial charge in [0.15, 0.2) is 0 Å². The number of methoxy groups -OCH3 is 1. The van der Waals surface area contributed by atoms with Crippen LogP contribution in [0.25, 0.3) is 0 Å². The third kappa shape index (κ3) is 3.43. The van der Waals surface area contributed by atoms with Crippen LogP contribution in [0.5, 0.6) is 0 Å². The SMILES string of the molecule is CCC(CN)(COC)N1CCC(C(C)C)CC1. The van der Waals surface area contributed by atoms with Crippen LogP contribution in [-0.2, 0) is 4.74 Å². The number of nitrogens with two attached hydrogens (primary N) is 1. The van der Waals surface area contributed by atoms with E-state index in [9.17, 15) is 0 Å². The lowest BCUT2D eigenvalue weighted by atomic mass is 9.83. The zero-order valence-electron chi connectivity index (χ0n) is 12.0. The second-order valence-corrected chi connectivity index (χ2v) is 5.78. The average Bonchev–Trinajstić information content (AvgIpc) is 2.36. The number of nitrogens with zero attached hydrogens (tertiary/aromatic N) is 1. The van der Waals surface area contributed by atoms with Crippen molar-refractivity contribution in [2.75, 3.05) is 33.4 Å². The fraction of sp³-hybridized carbons (Fsp3) is 1.00. The molecular weight excluding hydrogens is 212 g/mol. The lowest BCUT2D eigenvalue weighted by molar-refractivity contribution is -0.0116. The third-order valence-electron chi connectivity index (χ3n) is 4.60. The van der Waals surface area contributed by atoms with Crippen molar-refractivity contribution in [2.45, 2.75) is 45.6 Å². The molecule has 0 aromatic heterocycles. The minimum absolute atomic E-state index is 0.0662. The summed E-state index contributed by atoms with van der Waals surface area (Å²) in [4.78, 5) is 2.56. The van der Waals surface area contributed by atoms with Crippen molar-refractivity contribution in [3.63, 3.8) is 0 Å². The first-order valence-corrected chi connectivity index (χ1v) is 7.03. The van der Waals surface area contributed by atoms with Crippen molar-refractivity contribution in [3.05, 3.63) is 0 Å². The molecule has 0 bridgehead atoms. The molecule has 0 spiro atoms. The molecule has 0 radical (unpaired) electrons.